The second kappa shape index (κ2) is 7.38. The Morgan fingerprint density at radius 3 is 2.51 bits per heavy atom. The molecule has 1 aromatic rings. The highest BCUT2D eigenvalue weighted by atomic mass is 16.5. The van der Waals surface area contributed by atoms with Crippen LogP contribution in [0, 0.1) is 34.0 Å². The molecule has 1 aromatic heterocycles. The Bertz CT molecular complexity index is 1150. The molecule has 0 aromatic carbocycles. The van der Waals surface area contributed by atoms with Gasteiger partial charge in [0.05, 0.1) is 37.6 Å². The lowest BCUT2D eigenvalue weighted by Crippen LogP contribution is -2.72. The fraction of sp³-hybridized carbons (Fsp3) is 0.630. The molecule has 8 heteroatoms. The Morgan fingerprint density at radius 1 is 1.17 bits per heavy atom. The van der Waals surface area contributed by atoms with Gasteiger partial charge in [-0.05, 0) is 36.8 Å². The van der Waals surface area contributed by atoms with Crippen LogP contribution >= 0.6 is 0 Å². The van der Waals surface area contributed by atoms with E-state index in [2.05, 4.69) is 0 Å². The highest BCUT2D eigenvalue weighted by Crippen LogP contribution is 2.69. The van der Waals surface area contributed by atoms with E-state index < -0.39 is 57.6 Å². The molecule has 0 radical (unpaired) electrons. The molecule has 1 N–H and O–H groups in total. The number of ether oxygens (including phenoxy) is 2. The van der Waals surface area contributed by atoms with Gasteiger partial charge in [-0.25, -0.2) is 4.79 Å². The number of carbonyl (C=O) groups excluding carboxylic acids is 4. The molecule has 2 heterocycles. The highest BCUT2D eigenvalue weighted by molar-refractivity contribution is 6.11. The molecule has 7 atom stereocenters. The van der Waals surface area contributed by atoms with Gasteiger partial charge in [0.1, 0.15) is 17.7 Å². The van der Waals surface area contributed by atoms with E-state index in [-0.39, 0.29) is 24.4 Å². The summed E-state index contributed by atoms with van der Waals surface area (Å²) >= 11 is 0. The van der Waals surface area contributed by atoms with Crippen LogP contribution in [0.4, 0.5) is 0 Å². The summed E-state index contributed by atoms with van der Waals surface area (Å²) in [5, 5.41) is 12.5. The first kappa shape index (κ1) is 24.0. The van der Waals surface area contributed by atoms with Crippen LogP contribution in [0.1, 0.15) is 65.0 Å². The molecule has 35 heavy (non-hydrogen) atoms. The minimum absolute atomic E-state index is 0.0773. The maximum atomic E-state index is 13.9. The quantitative estimate of drug-likeness (QED) is 0.512. The van der Waals surface area contributed by atoms with Crippen molar-refractivity contribution in [2.24, 2.45) is 34.0 Å². The molecule has 2 bridgehead atoms. The van der Waals surface area contributed by atoms with Crippen molar-refractivity contribution in [3.05, 3.63) is 35.8 Å². The van der Waals surface area contributed by atoms with E-state index in [4.69, 9.17) is 13.9 Å². The maximum Gasteiger partial charge on any atom is 0.331 e. The van der Waals surface area contributed by atoms with E-state index in [1.54, 1.807) is 26.8 Å². The van der Waals surface area contributed by atoms with E-state index in [1.165, 1.54) is 25.7 Å². The van der Waals surface area contributed by atoms with Gasteiger partial charge in [-0.15, -0.1) is 0 Å². The van der Waals surface area contributed by atoms with Gasteiger partial charge in [0, 0.05) is 33.8 Å². The number of esters is 2. The number of methoxy groups -OCH3 is 1. The number of aliphatic hydroxyl groups is 1. The fourth-order valence-corrected chi connectivity index (χ4v) is 8.03. The number of hydrogen-bond acceptors (Lipinski definition) is 8. The molecule has 3 aliphatic carbocycles. The Morgan fingerprint density at radius 2 is 1.89 bits per heavy atom. The maximum absolute atomic E-state index is 13.9. The zero-order chi connectivity index (χ0) is 25.6. The van der Waals surface area contributed by atoms with Crippen LogP contribution < -0.4 is 0 Å². The van der Waals surface area contributed by atoms with Crippen LogP contribution in [0.3, 0.4) is 0 Å². The number of rotatable bonds is 3. The third-order valence-corrected chi connectivity index (χ3v) is 9.76. The highest BCUT2D eigenvalue weighted by Gasteiger charge is 2.73. The summed E-state index contributed by atoms with van der Waals surface area (Å²) in [4.78, 5) is 52.7. The van der Waals surface area contributed by atoms with E-state index >= 15 is 0 Å². The molecule has 1 aliphatic heterocycles. The van der Waals surface area contributed by atoms with Crippen LogP contribution in [-0.2, 0) is 28.7 Å². The Labute approximate surface area is 204 Å². The summed E-state index contributed by atoms with van der Waals surface area (Å²) in [6.45, 7) is 7.30. The molecule has 0 saturated heterocycles. The predicted molar refractivity (Wildman–Crippen MR) is 122 cm³/mol. The number of hydrogen-bond donors (Lipinski definition) is 1. The van der Waals surface area contributed by atoms with Gasteiger partial charge in [-0.1, -0.05) is 27.7 Å². The molecule has 4 aliphatic rings. The fourth-order valence-electron chi connectivity index (χ4n) is 8.03. The van der Waals surface area contributed by atoms with Gasteiger partial charge in [0.2, 0.25) is 0 Å². The van der Waals surface area contributed by atoms with Crippen LogP contribution in [0.25, 0.3) is 0 Å². The van der Waals surface area contributed by atoms with Crippen molar-refractivity contribution in [2.75, 3.05) is 7.11 Å². The SMILES string of the molecule is COC(=O)C[C@H]1C(C)(C)C(=O)[C@@H]2C[C@@]3(O)C4=CC(=O)O[C@@H](c5ccoc5)[C@]4(C)CCC3[C@@]1(C)C2=O. The van der Waals surface area contributed by atoms with E-state index in [0.29, 0.717) is 24.0 Å². The van der Waals surface area contributed by atoms with E-state index in [0.717, 1.165) is 0 Å². The molecule has 5 rings (SSSR count). The number of carbonyl (C=O) groups is 4. The topological polar surface area (TPSA) is 120 Å². The van der Waals surface area contributed by atoms with E-state index in [9.17, 15) is 24.3 Å². The standard InChI is InChI=1S/C27H32O8/c1-24(2)17(10-19(28)33-5)26(4)16-6-8-25(3)18(27(16,32)12-15(21(24)30)22(26)31)11-20(29)35-23(25)14-7-9-34-13-14/h7,9,11,13,15-17,23,32H,6,8,10,12H2,1-5H3/t15-,16?,17-,23-,25+,26+,27-/m0/s1. The summed E-state index contributed by atoms with van der Waals surface area (Å²) in [6, 6.07) is 1.74. The summed E-state index contributed by atoms with van der Waals surface area (Å²) in [5.41, 5.74) is -3.25. The lowest BCUT2D eigenvalue weighted by Gasteiger charge is -2.66. The second-order valence-corrected chi connectivity index (χ2v) is 11.7. The molecular weight excluding hydrogens is 452 g/mol. The smallest absolute Gasteiger partial charge is 0.331 e. The molecule has 3 fully saturated rings. The number of Topliss-reactive ketones (excluding diaryl/α,β-unsaturated/α-hetero) is 2. The van der Waals surface area contributed by atoms with Crippen molar-refractivity contribution in [2.45, 2.75) is 65.1 Å². The van der Waals surface area contributed by atoms with Crippen molar-refractivity contribution < 1.29 is 38.2 Å². The number of fused-ring (bicyclic) bond motifs is 6. The average Bonchev–Trinajstić information content (AvgIpc) is 3.33. The number of furan rings is 1. The summed E-state index contributed by atoms with van der Waals surface area (Å²) in [7, 11) is 1.28. The zero-order valence-corrected chi connectivity index (χ0v) is 20.8. The van der Waals surface area contributed by atoms with Gasteiger partial charge in [0.15, 0.2) is 0 Å². The van der Waals surface area contributed by atoms with Crippen LogP contribution in [0.15, 0.2) is 34.7 Å². The van der Waals surface area contributed by atoms with Crippen molar-refractivity contribution in [1.29, 1.82) is 0 Å². The third kappa shape index (κ3) is 2.95. The van der Waals surface area contributed by atoms with Gasteiger partial charge in [-0.2, -0.15) is 0 Å². The Hall–Kier alpha value is -2.74. The third-order valence-electron chi connectivity index (χ3n) is 9.76. The molecule has 0 amide bonds. The molecule has 1 unspecified atom stereocenters. The monoisotopic (exact) mass is 484 g/mol. The summed E-state index contributed by atoms with van der Waals surface area (Å²) in [6.07, 6.45) is 4.55. The van der Waals surface area contributed by atoms with Crippen molar-refractivity contribution >= 4 is 23.5 Å². The molecule has 8 nitrogen and oxygen atoms in total. The van der Waals surface area contributed by atoms with Crippen LogP contribution in [-0.4, -0.2) is 41.3 Å². The van der Waals surface area contributed by atoms with Crippen molar-refractivity contribution in [3.63, 3.8) is 0 Å². The summed E-state index contributed by atoms with van der Waals surface area (Å²) < 4.78 is 15.9. The predicted octanol–water partition coefficient (Wildman–Crippen LogP) is 3.33. The minimum Gasteiger partial charge on any atom is -0.472 e. The van der Waals surface area contributed by atoms with Crippen molar-refractivity contribution in [1.82, 2.24) is 0 Å². The summed E-state index contributed by atoms with van der Waals surface area (Å²) in [5.74, 6) is -3.82. The van der Waals surface area contributed by atoms with Gasteiger partial charge >= 0.3 is 11.9 Å². The molecular formula is C27H32O8. The van der Waals surface area contributed by atoms with E-state index in [1.807, 2.05) is 6.92 Å². The first-order valence-electron chi connectivity index (χ1n) is 12.1. The zero-order valence-electron chi connectivity index (χ0n) is 20.8. The van der Waals surface area contributed by atoms with Gasteiger partial charge in [-0.3, -0.25) is 14.4 Å². The van der Waals surface area contributed by atoms with Crippen molar-refractivity contribution in [3.8, 4) is 0 Å². The van der Waals surface area contributed by atoms with Crippen LogP contribution in [0.2, 0.25) is 0 Å². The lowest BCUT2D eigenvalue weighted by molar-refractivity contribution is -0.207. The minimum atomic E-state index is -1.58. The van der Waals surface area contributed by atoms with Gasteiger partial charge in [0.25, 0.3) is 0 Å². The Kier molecular flexibility index (Phi) is 5.06. The van der Waals surface area contributed by atoms with Crippen LogP contribution in [0.5, 0.6) is 0 Å². The first-order valence-corrected chi connectivity index (χ1v) is 12.1. The average molecular weight is 485 g/mol. The Balaban J connectivity index is 1.67. The number of ketones is 2. The van der Waals surface area contributed by atoms with Gasteiger partial charge < -0.3 is 19.0 Å². The first-order chi connectivity index (χ1) is 16.3. The molecule has 0 spiro atoms. The second-order valence-electron chi connectivity index (χ2n) is 11.7. The number of cyclic esters (lactones) is 1. The normalized spacial score (nSPS) is 41.9. The molecule has 188 valence electrons. The largest absolute Gasteiger partial charge is 0.472 e. The molecule has 3 saturated carbocycles. The lowest BCUT2D eigenvalue weighted by atomic mass is 9.37.